The number of rotatable bonds is 5. The quantitative estimate of drug-likeness (QED) is 0.393. The van der Waals surface area contributed by atoms with Crippen molar-refractivity contribution in [3.05, 3.63) is 98.4 Å². The van der Waals surface area contributed by atoms with Crippen LogP contribution in [-0.2, 0) is 6.54 Å². The molecule has 1 aliphatic heterocycles. The summed E-state index contributed by atoms with van der Waals surface area (Å²) in [5.41, 5.74) is 1.24. The van der Waals surface area contributed by atoms with E-state index in [2.05, 4.69) is 15.3 Å². The molecule has 0 unspecified atom stereocenters. The molecule has 0 atom stereocenters. The number of fused-ring (bicyclic) bond motifs is 2. The number of benzene rings is 2. The number of carbonyl (C=O) groups is 1. The van der Waals surface area contributed by atoms with Gasteiger partial charge in [-0.3, -0.25) is 18.6 Å². The van der Waals surface area contributed by atoms with Crippen LogP contribution >= 0.6 is 11.3 Å². The van der Waals surface area contributed by atoms with Gasteiger partial charge >= 0.3 is 5.69 Å². The van der Waals surface area contributed by atoms with Gasteiger partial charge in [-0.05, 0) is 29.8 Å². The molecule has 0 fully saturated rings. The van der Waals surface area contributed by atoms with E-state index in [9.17, 15) is 14.4 Å². The lowest BCUT2D eigenvalue weighted by molar-refractivity contribution is 0.102. The molecule has 0 radical (unpaired) electrons. The van der Waals surface area contributed by atoms with Crippen molar-refractivity contribution in [3.63, 3.8) is 0 Å². The highest BCUT2D eigenvalue weighted by Gasteiger charge is 2.18. The summed E-state index contributed by atoms with van der Waals surface area (Å²) in [5, 5.41) is 4.69. The summed E-state index contributed by atoms with van der Waals surface area (Å²) in [6.07, 6.45) is 4.96. The molecule has 2 aromatic carbocycles. The maximum Gasteiger partial charge on any atom is 0.328 e. The van der Waals surface area contributed by atoms with Gasteiger partial charge in [-0.2, -0.15) is 0 Å². The van der Waals surface area contributed by atoms with Crippen molar-refractivity contribution < 1.29 is 14.3 Å². The molecule has 1 aliphatic rings. The van der Waals surface area contributed by atoms with E-state index in [0.717, 1.165) is 27.0 Å². The highest BCUT2D eigenvalue weighted by atomic mass is 32.1. The van der Waals surface area contributed by atoms with Crippen molar-refractivity contribution in [1.29, 1.82) is 0 Å². The van der Waals surface area contributed by atoms with E-state index in [4.69, 9.17) is 9.47 Å². The van der Waals surface area contributed by atoms with Crippen molar-refractivity contribution >= 4 is 27.9 Å². The number of ether oxygens (including phenoxy) is 2. The number of anilines is 1. The monoisotopic (exact) mass is 487 g/mol. The fraction of sp³-hybridized carbons (Fsp3) is 0.0833. The van der Waals surface area contributed by atoms with Gasteiger partial charge in [0, 0.05) is 35.2 Å². The molecular weight excluding hydrogens is 470 g/mol. The van der Waals surface area contributed by atoms with Crippen molar-refractivity contribution in [2.45, 2.75) is 6.54 Å². The van der Waals surface area contributed by atoms with Crippen LogP contribution in [-0.4, -0.2) is 31.6 Å². The molecule has 1 amide bonds. The fourth-order valence-electron chi connectivity index (χ4n) is 3.86. The summed E-state index contributed by atoms with van der Waals surface area (Å²) in [5.74, 6) is 0.507. The number of amides is 1. The first-order chi connectivity index (χ1) is 17.0. The van der Waals surface area contributed by atoms with Crippen LogP contribution in [0.1, 0.15) is 15.9 Å². The molecule has 6 rings (SSSR count). The Morgan fingerprint density at radius 2 is 2.03 bits per heavy atom. The molecule has 3 aromatic heterocycles. The van der Waals surface area contributed by atoms with E-state index >= 15 is 0 Å². The summed E-state index contributed by atoms with van der Waals surface area (Å²) in [6, 6.07) is 12.3. The van der Waals surface area contributed by atoms with Gasteiger partial charge in [0.05, 0.1) is 12.2 Å². The second-order valence-corrected chi connectivity index (χ2v) is 8.71. The second kappa shape index (κ2) is 8.29. The molecule has 0 saturated carbocycles. The second-order valence-electron chi connectivity index (χ2n) is 7.84. The lowest BCUT2D eigenvalue weighted by Gasteiger charge is -2.09. The number of thiazole rings is 1. The van der Waals surface area contributed by atoms with Gasteiger partial charge in [0.1, 0.15) is 5.56 Å². The molecule has 35 heavy (non-hydrogen) atoms. The van der Waals surface area contributed by atoms with Gasteiger partial charge in [-0.1, -0.05) is 18.2 Å². The summed E-state index contributed by atoms with van der Waals surface area (Å²) in [6.45, 7) is 0.0914. The Morgan fingerprint density at radius 1 is 1.14 bits per heavy atom. The highest BCUT2D eigenvalue weighted by molar-refractivity contribution is 7.15. The van der Waals surface area contributed by atoms with Crippen LogP contribution in [0.3, 0.4) is 0 Å². The first-order valence-electron chi connectivity index (χ1n) is 10.6. The largest absolute Gasteiger partial charge is 0.454 e. The summed E-state index contributed by atoms with van der Waals surface area (Å²) in [7, 11) is 0. The summed E-state index contributed by atoms with van der Waals surface area (Å²) >= 11 is 1.53. The lowest BCUT2D eigenvalue weighted by atomic mass is 10.1. The first kappa shape index (κ1) is 20.9. The Hall–Kier alpha value is -4.64. The third kappa shape index (κ3) is 3.87. The van der Waals surface area contributed by atoms with Crippen LogP contribution in [0.5, 0.6) is 11.5 Å². The maximum absolute atomic E-state index is 13.0. The summed E-state index contributed by atoms with van der Waals surface area (Å²) in [4.78, 5) is 46.3. The van der Waals surface area contributed by atoms with Gasteiger partial charge < -0.3 is 19.8 Å². The predicted octanol–water partition coefficient (Wildman–Crippen LogP) is 2.94. The minimum absolute atomic E-state index is 0.0289. The van der Waals surface area contributed by atoms with E-state index < -0.39 is 17.2 Å². The molecule has 0 saturated heterocycles. The predicted molar refractivity (Wildman–Crippen MR) is 129 cm³/mol. The zero-order valence-corrected chi connectivity index (χ0v) is 18.9. The van der Waals surface area contributed by atoms with Gasteiger partial charge in [0.2, 0.25) is 6.79 Å². The minimum Gasteiger partial charge on any atom is -0.454 e. The number of hydrogen-bond donors (Lipinski definition) is 2. The number of aromatic nitrogens is 4. The van der Waals surface area contributed by atoms with Crippen LogP contribution in [0.4, 0.5) is 5.69 Å². The van der Waals surface area contributed by atoms with Crippen LogP contribution < -0.4 is 26.0 Å². The van der Waals surface area contributed by atoms with Crippen molar-refractivity contribution in [3.8, 4) is 22.8 Å². The molecule has 174 valence electrons. The van der Waals surface area contributed by atoms with Gasteiger partial charge in [-0.15, -0.1) is 11.3 Å². The number of carbonyl (C=O) groups excluding carboxylic acids is 1. The van der Waals surface area contributed by atoms with Crippen LogP contribution in [0.2, 0.25) is 0 Å². The molecule has 4 heterocycles. The SMILES string of the molecule is O=C(Nc1cccc(-c2cn3ccsc3n2)c1)c1c[nH]c(=O)n(Cc2ccc3c(c2)OCO3)c1=O. The molecule has 5 aromatic rings. The number of imidazole rings is 1. The maximum atomic E-state index is 13.0. The Labute approximate surface area is 201 Å². The van der Waals surface area contributed by atoms with Gasteiger partial charge in [0.15, 0.2) is 16.5 Å². The van der Waals surface area contributed by atoms with Crippen LogP contribution in [0.25, 0.3) is 16.2 Å². The zero-order valence-electron chi connectivity index (χ0n) is 18.1. The van der Waals surface area contributed by atoms with Crippen molar-refractivity contribution in [1.82, 2.24) is 18.9 Å². The van der Waals surface area contributed by atoms with E-state index in [1.807, 2.05) is 28.2 Å². The molecule has 0 aliphatic carbocycles. The minimum atomic E-state index is -0.700. The average Bonchev–Trinajstić information content (AvgIpc) is 3.58. The van der Waals surface area contributed by atoms with Gasteiger partial charge in [-0.25, -0.2) is 9.78 Å². The number of nitrogens with zero attached hydrogens (tertiary/aromatic N) is 3. The smallest absolute Gasteiger partial charge is 0.328 e. The third-order valence-corrected chi connectivity index (χ3v) is 6.36. The molecule has 0 bridgehead atoms. The normalized spacial score (nSPS) is 12.2. The van der Waals surface area contributed by atoms with Gasteiger partial charge in [0.25, 0.3) is 11.5 Å². The molecule has 11 heteroatoms. The number of aromatic amines is 1. The van der Waals surface area contributed by atoms with Crippen LogP contribution in [0, 0.1) is 0 Å². The highest BCUT2D eigenvalue weighted by Crippen LogP contribution is 2.32. The van der Waals surface area contributed by atoms with E-state index in [1.54, 1.807) is 36.4 Å². The topological polar surface area (TPSA) is 120 Å². The third-order valence-electron chi connectivity index (χ3n) is 5.59. The molecular formula is C24H17N5O5S. The Kier molecular flexibility index (Phi) is 4.96. The zero-order chi connectivity index (χ0) is 23.9. The summed E-state index contributed by atoms with van der Waals surface area (Å²) < 4.78 is 13.5. The number of hydrogen-bond acceptors (Lipinski definition) is 7. The van der Waals surface area contributed by atoms with E-state index in [-0.39, 0.29) is 18.9 Å². The van der Waals surface area contributed by atoms with Crippen molar-refractivity contribution in [2.75, 3.05) is 12.1 Å². The molecule has 10 nitrogen and oxygen atoms in total. The standard InChI is InChI=1S/C24H17N5O5S/c30-21(26-16-3-1-2-15(9-16)18-12-28-6-7-35-24(28)27-18)17-10-25-23(32)29(22(17)31)11-14-4-5-19-20(8-14)34-13-33-19/h1-10,12H,11,13H2,(H,25,32)(H,26,30). The Bertz CT molecular complexity index is 1680. The lowest BCUT2D eigenvalue weighted by Crippen LogP contribution is -2.39. The number of H-pyrrole nitrogens is 1. The Morgan fingerprint density at radius 3 is 2.91 bits per heavy atom. The van der Waals surface area contributed by atoms with Crippen molar-refractivity contribution in [2.24, 2.45) is 0 Å². The number of nitrogens with one attached hydrogen (secondary N) is 2. The fourth-order valence-corrected chi connectivity index (χ4v) is 4.56. The Balaban J connectivity index is 1.26. The van der Waals surface area contributed by atoms with Crippen LogP contribution in [0.15, 0.2) is 76.0 Å². The molecule has 2 N–H and O–H groups in total. The average molecular weight is 487 g/mol. The first-order valence-corrected chi connectivity index (χ1v) is 11.5. The van der Waals surface area contributed by atoms with E-state index in [0.29, 0.717) is 22.7 Å². The molecule has 0 spiro atoms. The van der Waals surface area contributed by atoms with E-state index in [1.165, 1.54) is 11.3 Å².